The molecular weight excluding hydrogens is 306 g/mol. The van der Waals surface area contributed by atoms with Crippen LogP contribution in [0.15, 0.2) is 48.5 Å². The molecule has 2 aromatic rings. The number of ether oxygens (including phenoxy) is 1. The van der Waals surface area contributed by atoms with E-state index in [1.54, 1.807) is 36.4 Å². The van der Waals surface area contributed by atoms with Gasteiger partial charge in [0.15, 0.2) is 6.10 Å². The summed E-state index contributed by atoms with van der Waals surface area (Å²) in [5.41, 5.74) is 0.430. The number of phenolic OH excluding ortho intramolecular Hbond substituents is 1. The molecular formula is C16H14ClNO4. The number of para-hydroxylation sites is 2. The van der Waals surface area contributed by atoms with Crippen LogP contribution in [0.4, 0.5) is 5.69 Å². The van der Waals surface area contributed by atoms with Gasteiger partial charge in [0, 0.05) is 0 Å². The van der Waals surface area contributed by atoms with Gasteiger partial charge in [-0.1, -0.05) is 35.9 Å². The number of hydrogen-bond acceptors (Lipinski definition) is 4. The maximum Gasteiger partial charge on any atom is 0.342 e. The van der Waals surface area contributed by atoms with Crippen molar-refractivity contribution in [2.45, 2.75) is 13.0 Å². The van der Waals surface area contributed by atoms with E-state index in [1.807, 2.05) is 0 Å². The van der Waals surface area contributed by atoms with Gasteiger partial charge in [-0.3, -0.25) is 4.79 Å². The molecule has 2 rings (SSSR count). The average Bonchev–Trinajstić information content (AvgIpc) is 2.49. The number of aromatic hydroxyl groups is 1. The summed E-state index contributed by atoms with van der Waals surface area (Å²) in [6.45, 7) is 1.43. The number of benzene rings is 2. The number of carbonyl (C=O) groups is 2. The van der Waals surface area contributed by atoms with Crippen LogP contribution in [0.1, 0.15) is 17.3 Å². The molecule has 5 nitrogen and oxygen atoms in total. The number of hydrogen-bond donors (Lipinski definition) is 2. The Hall–Kier alpha value is -2.53. The van der Waals surface area contributed by atoms with Crippen LogP contribution in [0.3, 0.4) is 0 Å². The molecule has 0 saturated carbocycles. The highest BCUT2D eigenvalue weighted by atomic mass is 35.5. The van der Waals surface area contributed by atoms with Crippen LogP contribution in [-0.2, 0) is 9.53 Å². The SMILES string of the molecule is C[C@H](OC(=O)c1ccccc1O)C(=O)Nc1ccccc1Cl. The first-order valence-corrected chi connectivity index (χ1v) is 6.91. The van der Waals surface area contributed by atoms with Gasteiger partial charge in [-0.05, 0) is 31.2 Å². The van der Waals surface area contributed by atoms with Crippen LogP contribution in [0.25, 0.3) is 0 Å². The van der Waals surface area contributed by atoms with Crippen LogP contribution in [-0.4, -0.2) is 23.1 Å². The van der Waals surface area contributed by atoms with E-state index in [4.69, 9.17) is 16.3 Å². The summed E-state index contributed by atoms with van der Waals surface area (Å²) in [7, 11) is 0. The lowest BCUT2D eigenvalue weighted by atomic mass is 10.2. The van der Waals surface area contributed by atoms with Crippen molar-refractivity contribution in [3.8, 4) is 5.75 Å². The van der Waals surface area contributed by atoms with E-state index in [0.29, 0.717) is 10.7 Å². The topological polar surface area (TPSA) is 75.6 Å². The van der Waals surface area contributed by atoms with Gasteiger partial charge in [0.25, 0.3) is 5.91 Å². The average molecular weight is 320 g/mol. The second-order valence-electron chi connectivity index (χ2n) is 4.53. The van der Waals surface area contributed by atoms with Crippen molar-refractivity contribution < 1.29 is 19.4 Å². The van der Waals surface area contributed by atoms with E-state index in [9.17, 15) is 14.7 Å². The van der Waals surface area contributed by atoms with Crippen molar-refractivity contribution in [3.05, 3.63) is 59.1 Å². The van der Waals surface area contributed by atoms with Crippen molar-refractivity contribution in [2.24, 2.45) is 0 Å². The van der Waals surface area contributed by atoms with Crippen molar-refractivity contribution in [1.82, 2.24) is 0 Å². The molecule has 1 atom stereocenters. The van der Waals surface area contributed by atoms with Gasteiger partial charge >= 0.3 is 5.97 Å². The first kappa shape index (κ1) is 15.9. The Morgan fingerprint density at radius 3 is 2.45 bits per heavy atom. The summed E-state index contributed by atoms with van der Waals surface area (Å²) < 4.78 is 5.04. The quantitative estimate of drug-likeness (QED) is 0.848. The number of rotatable bonds is 4. The van der Waals surface area contributed by atoms with Crippen molar-refractivity contribution in [3.63, 3.8) is 0 Å². The summed E-state index contributed by atoms with van der Waals surface area (Å²) in [4.78, 5) is 23.9. The summed E-state index contributed by atoms with van der Waals surface area (Å²) in [6, 6.07) is 12.7. The predicted molar refractivity (Wildman–Crippen MR) is 83.1 cm³/mol. The number of anilines is 1. The van der Waals surface area contributed by atoms with Gasteiger partial charge in [-0.25, -0.2) is 4.79 Å². The van der Waals surface area contributed by atoms with Crippen molar-refractivity contribution in [2.75, 3.05) is 5.32 Å². The van der Waals surface area contributed by atoms with Gasteiger partial charge in [-0.15, -0.1) is 0 Å². The Morgan fingerprint density at radius 2 is 1.77 bits per heavy atom. The molecule has 6 heteroatoms. The number of nitrogens with one attached hydrogen (secondary N) is 1. The predicted octanol–water partition coefficient (Wildman–Crippen LogP) is 3.23. The molecule has 0 aliphatic heterocycles. The van der Waals surface area contributed by atoms with Crippen LogP contribution in [0.2, 0.25) is 5.02 Å². The van der Waals surface area contributed by atoms with Crippen molar-refractivity contribution in [1.29, 1.82) is 0 Å². The van der Waals surface area contributed by atoms with Crippen LogP contribution >= 0.6 is 11.6 Å². The lowest BCUT2D eigenvalue weighted by Gasteiger charge is -2.14. The van der Waals surface area contributed by atoms with Gasteiger partial charge in [-0.2, -0.15) is 0 Å². The molecule has 0 aromatic heterocycles. The molecule has 0 radical (unpaired) electrons. The zero-order valence-corrected chi connectivity index (χ0v) is 12.5. The fourth-order valence-corrected chi connectivity index (χ4v) is 1.90. The van der Waals surface area contributed by atoms with Gasteiger partial charge in [0.1, 0.15) is 11.3 Å². The Balaban J connectivity index is 2.01. The third-order valence-corrected chi connectivity index (χ3v) is 3.24. The first-order chi connectivity index (χ1) is 10.5. The minimum atomic E-state index is -1.04. The molecule has 0 heterocycles. The number of halogens is 1. The second-order valence-corrected chi connectivity index (χ2v) is 4.94. The van der Waals surface area contributed by atoms with E-state index in [0.717, 1.165) is 0 Å². The van der Waals surface area contributed by atoms with E-state index < -0.39 is 18.0 Å². The summed E-state index contributed by atoms with van der Waals surface area (Å²) >= 11 is 5.94. The van der Waals surface area contributed by atoms with Gasteiger partial charge < -0.3 is 15.2 Å². The number of esters is 1. The molecule has 22 heavy (non-hydrogen) atoms. The molecule has 0 fully saturated rings. The highest BCUT2D eigenvalue weighted by molar-refractivity contribution is 6.33. The third-order valence-electron chi connectivity index (χ3n) is 2.91. The Bertz CT molecular complexity index is 702. The molecule has 114 valence electrons. The lowest BCUT2D eigenvalue weighted by molar-refractivity contribution is -0.123. The standard InChI is InChI=1S/C16H14ClNO4/c1-10(15(20)18-13-8-4-3-7-12(13)17)22-16(21)11-6-2-5-9-14(11)19/h2-10,19H,1H3,(H,18,20)/t10-/m0/s1. The Kier molecular flexibility index (Phi) is 5.01. The first-order valence-electron chi connectivity index (χ1n) is 6.53. The molecule has 2 N–H and O–H groups in total. The molecule has 0 aliphatic carbocycles. The maximum atomic E-state index is 12.0. The molecule has 0 spiro atoms. The third kappa shape index (κ3) is 3.77. The van der Waals surface area contributed by atoms with E-state index in [-0.39, 0.29) is 11.3 Å². The molecule has 2 aromatic carbocycles. The lowest BCUT2D eigenvalue weighted by Crippen LogP contribution is -2.30. The maximum absolute atomic E-state index is 12.0. The molecule has 0 saturated heterocycles. The molecule has 1 amide bonds. The monoisotopic (exact) mass is 319 g/mol. The summed E-state index contributed by atoms with van der Waals surface area (Å²) in [5, 5.41) is 12.5. The second kappa shape index (κ2) is 6.95. The van der Waals surface area contributed by atoms with Crippen LogP contribution < -0.4 is 5.32 Å². The summed E-state index contributed by atoms with van der Waals surface area (Å²) in [6.07, 6.45) is -1.04. The van der Waals surface area contributed by atoms with Gasteiger partial charge in [0.2, 0.25) is 0 Å². The van der Waals surface area contributed by atoms with Crippen LogP contribution in [0, 0.1) is 0 Å². The van der Waals surface area contributed by atoms with Crippen molar-refractivity contribution >= 4 is 29.2 Å². The van der Waals surface area contributed by atoms with Crippen LogP contribution in [0.5, 0.6) is 5.75 Å². The normalized spacial score (nSPS) is 11.5. The van der Waals surface area contributed by atoms with E-state index in [2.05, 4.69) is 5.32 Å². The van der Waals surface area contributed by atoms with Gasteiger partial charge in [0.05, 0.1) is 10.7 Å². The number of phenols is 1. The molecule has 0 aliphatic rings. The number of amides is 1. The zero-order chi connectivity index (χ0) is 16.1. The zero-order valence-electron chi connectivity index (χ0n) is 11.7. The summed E-state index contributed by atoms with van der Waals surface area (Å²) in [5.74, 6) is -1.50. The van der Waals surface area contributed by atoms with E-state index in [1.165, 1.54) is 19.1 Å². The molecule has 0 bridgehead atoms. The largest absolute Gasteiger partial charge is 0.507 e. The van der Waals surface area contributed by atoms with E-state index >= 15 is 0 Å². The highest BCUT2D eigenvalue weighted by Gasteiger charge is 2.21. The fourth-order valence-electron chi connectivity index (χ4n) is 1.72. The Morgan fingerprint density at radius 1 is 1.14 bits per heavy atom. The minimum absolute atomic E-state index is 0.0000986. The minimum Gasteiger partial charge on any atom is -0.507 e. The number of carbonyl (C=O) groups excluding carboxylic acids is 2. The fraction of sp³-hybridized carbons (Fsp3) is 0.125. The molecule has 0 unspecified atom stereocenters. The smallest absolute Gasteiger partial charge is 0.342 e. The highest BCUT2D eigenvalue weighted by Crippen LogP contribution is 2.21. The Labute approximate surface area is 132 Å².